The van der Waals surface area contributed by atoms with Crippen molar-refractivity contribution in [3.8, 4) is 0 Å². The predicted molar refractivity (Wildman–Crippen MR) is 114 cm³/mol. The molecule has 1 saturated heterocycles. The summed E-state index contributed by atoms with van der Waals surface area (Å²) in [6, 6.07) is 0. The lowest BCUT2D eigenvalue weighted by Crippen LogP contribution is -2.60. The highest BCUT2D eigenvalue weighted by atomic mass is 16.5. The molecule has 3 rings (SSSR count). The molecule has 1 aromatic heterocycles. The maximum Gasteiger partial charge on any atom is 0.226 e. The fourth-order valence-corrected chi connectivity index (χ4v) is 4.37. The van der Waals surface area contributed by atoms with Crippen LogP contribution >= 0.6 is 0 Å². The van der Waals surface area contributed by atoms with Crippen LogP contribution in [0.3, 0.4) is 0 Å². The van der Waals surface area contributed by atoms with E-state index in [1.54, 1.807) is 0 Å². The molecule has 164 valence electrons. The smallest absolute Gasteiger partial charge is 0.226 e. The van der Waals surface area contributed by atoms with Crippen molar-refractivity contribution in [1.82, 2.24) is 25.7 Å². The highest BCUT2D eigenvalue weighted by molar-refractivity contribution is 5.79. The topological polar surface area (TPSA) is 87.8 Å². The van der Waals surface area contributed by atoms with Gasteiger partial charge in [-0.3, -0.25) is 9.89 Å². The van der Waals surface area contributed by atoms with Crippen LogP contribution < -0.4 is 10.6 Å². The molecular weight excluding hydrogens is 368 g/mol. The first-order valence-electron chi connectivity index (χ1n) is 11.2. The molecule has 1 aliphatic carbocycles. The van der Waals surface area contributed by atoms with E-state index < -0.39 is 0 Å². The van der Waals surface area contributed by atoms with Gasteiger partial charge in [-0.05, 0) is 19.3 Å². The van der Waals surface area contributed by atoms with Crippen molar-refractivity contribution in [2.24, 2.45) is 4.99 Å². The van der Waals surface area contributed by atoms with Crippen LogP contribution in [0.25, 0.3) is 0 Å². The molecule has 2 N–H and O–H groups in total. The first-order valence-corrected chi connectivity index (χ1v) is 11.2. The van der Waals surface area contributed by atoms with Crippen molar-refractivity contribution < 1.29 is 9.26 Å². The van der Waals surface area contributed by atoms with E-state index in [0.717, 1.165) is 64.0 Å². The molecule has 0 spiro atoms. The lowest BCUT2D eigenvalue weighted by molar-refractivity contribution is -0.0352. The van der Waals surface area contributed by atoms with Crippen LogP contribution in [0.1, 0.15) is 70.0 Å². The number of guanidine groups is 1. The summed E-state index contributed by atoms with van der Waals surface area (Å²) in [5.41, 5.74) is 0.233. The number of ether oxygens (including phenoxy) is 1. The van der Waals surface area contributed by atoms with Gasteiger partial charge >= 0.3 is 0 Å². The van der Waals surface area contributed by atoms with E-state index in [1.165, 1.54) is 32.1 Å². The van der Waals surface area contributed by atoms with Crippen LogP contribution in [0.4, 0.5) is 0 Å². The molecule has 2 aliphatic rings. The lowest BCUT2D eigenvalue weighted by atomic mass is 9.80. The third-order valence-electron chi connectivity index (χ3n) is 6.13. The minimum absolute atomic E-state index is 0.233. The Labute approximate surface area is 174 Å². The Hall–Kier alpha value is -1.67. The Kier molecular flexibility index (Phi) is 8.29. The number of aryl methyl sites for hydroxylation is 1. The molecule has 1 aromatic rings. The van der Waals surface area contributed by atoms with Crippen molar-refractivity contribution in [3.63, 3.8) is 0 Å². The zero-order chi connectivity index (χ0) is 20.5. The van der Waals surface area contributed by atoms with Gasteiger partial charge in [0, 0.05) is 51.1 Å². The first kappa shape index (κ1) is 22.0. The lowest BCUT2D eigenvalue weighted by Gasteiger charge is -2.48. The SMILES string of the molecule is CN=C(NCCCc1nc(C(C)C)no1)NCC1(N2CCOCC2)CCCCC1. The second-order valence-corrected chi connectivity index (χ2v) is 8.54. The van der Waals surface area contributed by atoms with E-state index in [4.69, 9.17) is 9.26 Å². The third kappa shape index (κ3) is 6.15. The number of nitrogens with zero attached hydrogens (tertiary/aromatic N) is 4. The molecule has 29 heavy (non-hydrogen) atoms. The first-order chi connectivity index (χ1) is 14.1. The zero-order valence-corrected chi connectivity index (χ0v) is 18.4. The quantitative estimate of drug-likeness (QED) is 0.389. The largest absolute Gasteiger partial charge is 0.379 e. The molecule has 2 fully saturated rings. The second-order valence-electron chi connectivity index (χ2n) is 8.54. The second kappa shape index (κ2) is 10.9. The summed E-state index contributed by atoms with van der Waals surface area (Å²) >= 11 is 0. The van der Waals surface area contributed by atoms with E-state index in [0.29, 0.717) is 11.8 Å². The van der Waals surface area contributed by atoms with E-state index in [1.807, 2.05) is 7.05 Å². The Morgan fingerprint density at radius 1 is 1.17 bits per heavy atom. The highest BCUT2D eigenvalue weighted by Crippen LogP contribution is 2.33. The van der Waals surface area contributed by atoms with Gasteiger partial charge in [0.15, 0.2) is 11.8 Å². The van der Waals surface area contributed by atoms with Gasteiger partial charge in [-0.15, -0.1) is 0 Å². The number of hydrogen-bond donors (Lipinski definition) is 2. The van der Waals surface area contributed by atoms with Crippen molar-refractivity contribution in [2.45, 2.75) is 70.3 Å². The maximum atomic E-state index is 5.58. The van der Waals surface area contributed by atoms with Crippen molar-refractivity contribution in [1.29, 1.82) is 0 Å². The summed E-state index contributed by atoms with van der Waals surface area (Å²) < 4.78 is 10.9. The fraction of sp³-hybridized carbons (Fsp3) is 0.857. The van der Waals surface area contributed by atoms with Gasteiger partial charge in [-0.2, -0.15) is 4.98 Å². The van der Waals surface area contributed by atoms with Gasteiger partial charge in [-0.1, -0.05) is 38.3 Å². The molecule has 0 amide bonds. The van der Waals surface area contributed by atoms with Gasteiger partial charge in [0.25, 0.3) is 0 Å². The monoisotopic (exact) mass is 406 g/mol. The van der Waals surface area contributed by atoms with Crippen LogP contribution in [-0.4, -0.2) is 73.0 Å². The predicted octanol–water partition coefficient (Wildman–Crippen LogP) is 2.33. The summed E-state index contributed by atoms with van der Waals surface area (Å²) in [4.78, 5) is 11.5. The van der Waals surface area contributed by atoms with Crippen molar-refractivity contribution in [2.75, 3.05) is 46.4 Å². The molecule has 8 heteroatoms. The Morgan fingerprint density at radius 2 is 1.93 bits per heavy atom. The van der Waals surface area contributed by atoms with Gasteiger partial charge in [0.1, 0.15) is 0 Å². The summed E-state index contributed by atoms with van der Waals surface area (Å²) in [6.45, 7) is 9.68. The molecule has 1 saturated carbocycles. The van der Waals surface area contributed by atoms with E-state index in [-0.39, 0.29) is 5.54 Å². The summed E-state index contributed by atoms with van der Waals surface area (Å²) in [5, 5.41) is 11.1. The standard InChI is InChI=1S/C21H38N6O2/c1-17(2)19-25-18(29-26-19)8-7-11-23-20(22-3)24-16-21(9-5-4-6-10-21)27-12-14-28-15-13-27/h17H,4-16H2,1-3H3,(H2,22,23,24). The van der Waals surface area contributed by atoms with Crippen LogP contribution in [-0.2, 0) is 11.2 Å². The van der Waals surface area contributed by atoms with Gasteiger partial charge in [0.05, 0.1) is 13.2 Å². The molecule has 8 nitrogen and oxygen atoms in total. The van der Waals surface area contributed by atoms with E-state index >= 15 is 0 Å². The summed E-state index contributed by atoms with van der Waals surface area (Å²) in [7, 11) is 1.84. The van der Waals surface area contributed by atoms with Crippen LogP contribution in [0.2, 0.25) is 0 Å². The van der Waals surface area contributed by atoms with Gasteiger partial charge in [0.2, 0.25) is 5.89 Å². The average Bonchev–Trinajstić information content (AvgIpc) is 3.24. The number of hydrogen-bond acceptors (Lipinski definition) is 6. The van der Waals surface area contributed by atoms with Crippen molar-refractivity contribution >= 4 is 5.96 Å². The molecular formula is C21H38N6O2. The minimum Gasteiger partial charge on any atom is -0.379 e. The third-order valence-corrected chi connectivity index (χ3v) is 6.13. The Morgan fingerprint density at radius 3 is 2.59 bits per heavy atom. The summed E-state index contributed by atoms with van der Waals surface area (Å²) in [5.74, 6) is 2.67. The van der Waals surface area contributed by atoms with Crippen molar-refractivity contribution in [3.05, 3.63) is 11.7 Å². The summed E-state index contributed by atoms with van der Waals surface area (Å²) in [6.07, 6.45) is 8.20. The van der Waals surface area contributed by atoms with Crippen LogP contribution in [0.15, 0.2) is 9.52 Å². The number of aromatic nitrogens is 2. The van der Waals surface area contributed by atoms with Crippen LogP contribution in [0.5, 0.6) is 0 Å². The minimum atomic E-state index is 0.233. The number of nitrogens with one attached hydrogen (secondary N) is 2. The van der Waals surface area contributed by atoms with Gasteiger partial charge < -0.3 is 19.9 Å². The molecule has 0 atom stereocenters. The molecule has 2 heterocycles. The molecule has 0 radical (unpaired) electrons. The Balaban J connectivity index is 1.44. The molecule has 1 aliphatic heterocycles. The van der Waals surface area contributed by atoms with Crippen LogP contribution in [0, 0.1) is 0 Å². The molecule has 0 unspecified atom stereocenters. The molecule has 0 bridgehead atoms. The highest BCUT2D eigenvalue weighted by Gasteiger charge is 2.38. The van der Waals surface area contributed by atoms with Gasteiger partial charge in [-0.25, -0.2) is 0 Å². The normalized spacial score (nSPS) is 20.8. The number of rotatable bonds is 8. The average molecular weight is 407 g/mol. The molecule has 0 aromatic carbocycles. The van der Waals surface area contributed by atoms with E-state index in [9.17, 15) is 0 Å². The number of aliphatic imine (C=N–C) groups is 1. The fourth-order valence-electron chi connectivity index (χ4n) is 4.37. The Bertz CT molecular complexity index is 633. The van der Waals surface area contributed by atoms with E-state index in [2.05, 4.69) is 44.5 Å². The number of morpholine rings is 1. The zero-order valence-electron chi connectivity index (χ0n) is 18.4. The maximum absolute atomic E-state index is 5.58.